The van der Waals surface area contributed by atoms with Gasteiger partial charge in [-0.1, -0.05) is 38.5 Å². The van der Waals surface area contributed by atoms with Gasteiger partial charge in [0.1, 0.15) is 11.6 Å². The molecule has 1 amide bonds. The molecule has 0 bridgehead atoms. The maximum absolute atomic E-state index is 13.7. The van der Waals surface area contributed by atoms with Gasteiger partial charge in [0.15, 0.2) is 0 Å². The van der Waals surface area contributed by atoms with Crippen molar-refractivity contribution in [1.29, 1.82) is 0 Å². The van der Waals surface area contributed by atoms with Crippen LogP contribution in [0.2, 0.25) is 0 Å². The van der Waals surface area contributed by atoms with E-state index in [9.17, 15) is 19.1 Å². The highest BCUT2D eigenvalue weighted by molar-refractivity contribution is 5.99. The van der Waals surface area contributed by atoms with Crippen LogP contribution in [0, 0.1) is 5.82 Å². The third-order valence-electron chi connectivity index (χ3n) is 9.19. The van der Waals surface area contributed by atoms with Gasteiger partial charge in [-0.05, 0) is 85.4 Å². The van der Waals surface area contributed by atoms with E-state index in [1.165, 1.54) is 23.3 Å². The fraction of sp³-hybridized carbons (Fsp3) is 0.472. The second-order valence-corrected chi connectivity index (χ2v) is 12.5. The highest BCUT2D eigenvalue weighted by atomic mass is 19.1. The predicted molar refractivity (Wildman–Crippen MR) is 168 cm³/mol. The van der Waals surface area contributed by atoms with Crippen LogP contribution in [0.3, 0.4) is 0 Å². The summed E-state index contributed by atoms with van der Waals surface area (Å²) < 4.78 is 20.0. The van der Waals surface area contributed by atoms with Gasteiger partial charge in [-0.15, -0.1) is 0 Å². The summed E-state index contributed by atoms with van der Waals surface area (Å²) in [5.41, 5.74) is 6.50. The fourth-order valence-electron chi connectivity index (χ4n) is 6.82. The van der Waals surface area contributed by atoms with Crippen molar-refractivity contribution in [3.8, 4) is 16.9 Å². The maximum atomic E-state index is 13.7. The summed E-state index contributed by atoms with van der Waals surface area (Å²) in [6.45, 7) is 7.91. The number of rotatable bonds is 11. The van der Waals surface area contributed by atoms with Crippen LogP contribution in [0.1, 0.15) is 102 Å². The fourth-order valence-corrected chi connectivity index (χ4v) is 6.82. The van der Waals surface area contributed by atoms with E-state index in [0.29, 0.717) is 43.2 Å². The molecule has 0 spiro atoms. The Kier molecular flexibility index (Phi) is 8.98. The van der Waals surface area contributed by atoms with Crippen LogP contribution in [0.4, 0.5) is 4.39 Å². The summed E-state index contributed by atoms with van der Waals surface area (Å²) in [6, 6.07) is 12.9. The van der Waals surface area contributed by atoms with Crippen LogP contribution < -0.4 is 4.74 Å². The highest BCUT2D eigenvalue weighted by Gasteiger charge is 2.35. The number of nitrogens with zero attached hydrogens (tertiary/aromatic N) is 3. The molecule has 1 aromatic heterocycles. The number of fused-ring (bicyclic) bond motifs is 1. The topological polar surface area (TPSA) is 83.0 Å². The first-order chi connectivity index (χ1) is 21.4. The van der Waals surface area contributed by atoms with Crippen molar-refractivity contribution in [1.82, 2.24) is 14.8 Å². The van der Waals surface area contributed by atoms with E-state index in [1.54, 1.807) is 6.07 Å². The number of hydrogen-bond acceptors (Lipinski definition) is 5. The number of halogens is 1. The number of carbonyl (C=O) groups excluding carboxylic acids is 1. The molecule has 44 heavy (non-hydrogen) atoms. The number of carboxylic acids is 1. The Balaban J connectivity index is 1.16. The lowest BCUT2D eigenvalue weighted by Gasteiger charge is -2.40. The Bertz CT molecular complexity index is 1530. The van der Waals surface area contributed by atoms with E-state index in [-0.39, 0.29) is 23.3 Å². The van der Waals surface area contributed by atoms with Gasteiger partial charge in [0, 0.05) is 44.2 Å². The number of amides is 1. The summed E-state index contributed by atoms with van der Waals surface area (Å²) in [6.07, 6.45) is 7.02. The minimum atomic E-state index is -1.03. The van der Waals surface area contributed by atoms with Gasteiger partial charge in [0.05, 0.1) is 29.1 Å². The van der Waals surface area contributed by atoms with Gasteiger partial charge >= 0.3 is 5.97 Å². The molecule has 8 heteroatoms. The summed E-state index contributed by atoms with van der Waals surface area (Å²) in [7, 11) is 0. The average Bonchev–Trinajstić information content (AvgIpc) is 3.87. The zero-order valence-electron chi connectivity index (χ0n) is 25.8. The molecule has 3 aromatic rings. The quantitative estimate of drug-likeness (QED) is 0.259. The van der Waals surface area contributed by atoms with Gasteiger partial charge in [-0.25, -0.2) is 9.18 Å². The SMILES string of the molecule is CCCOc1cc(CN2CCC(N3CCc4nc(CCC)c(C(=O)O)cc4C3=O)CC2)cc(C2CC2)c1-c1ccc(F)cc1. The van der Waals surface area contributed by atoms with Gasteiger partial charge in [0.25, 0.3) is 5.91 Å². The smallest absolute Gasteiger partial charge is 0.337 e. The number of pyridine rings is 1. The molecule has 2 fully saturated rings. The van der Waals surface area contributed by atoms with Gasteiger partial charge in [-0.2, -0.15) is 0 Å². The third-order valence-corrected chi connectivity index (χ3v) is 9.19. The first-order valence-electron chi connectivity index (χ1n) is 16.2. The molecule has 0 atom stereocenters. The predicted octanol–water partition coefficient (Wildman–Crippen LogP) is 6.87. The molecule has 0 unspecified atom stereocenters. The molecule has 2 aromatic carbocycles. The Labute approximate surface area is 259 Å². The first-order valence-corrected chi connectivity index (χ1v) is 16.2. The number of benzene rings is 2. The Hall–Kier alpha value is -3.78. The number of aromatic carboxylic acids is 1. The molecule has 1 saturated carbocycles. The standard InChI is InChI=1S/C36H42FN3O4/c1-3-5-31-30(36(42)43)21-29-32(38-31)14-17-40(35(29)41)27-12-15-39(16-13-27)22-23-19-28(24-6-7-24)34(33(20-23)44-18-4-2)25-8-10-26(37)11-9-25/h8-11,19-21,24,27H,3-7,12-18,22H2,1-2H3,(H,42,43). The first kappa shape index (κ1) is 30.3. The highest BCUT2D eigenvalue weighted by Crippen LogP contribution is 2.48. The van der Waals surface area contributed by atoms with Crippen LogP contribution in [-0.4, -0.2) is 64.0 Å². The van der Waals surface area contributed by atoms with E-state index in [2.05, 4.69) is 28.9 Å². The maximum Gasteiger partial charge on any atom is 0.337 e. The Morgan fingerprint density at radius 2 is 1.77 bits per heavy atom. The second-order valence-electron chi connectivity index (χ2n) is 12.5. The molecule has 3 heterocycles. The number of piperidine rings is 1. The molecule has 6 rings (SSSR count). The number of carboxylic acid groups (broad SMARTS) is 1. The van der Waals surface area contributed by atoms with Crippen molar-refractivity contribution in [3.05, 3.63) is 81.9 Å². The van der Waals surface area contributed by atoms with E-state index >= 15 is 0 Å². The van der Waals surface area contributed by atoms with Crippen molar-refractivity contribution in [2.45, 2.75) is 83.7 Å². The molecule has 0 radical (unpaired) electrons. The number of ether oxygens (including phenoxy) is 1. The van der Waals surface area contributed by atoms with Crippen molar-refractivity contribution >= 4 is 11.9 Å². The zero-order valence-corrected chi connectivity index (χ0v) is 25.8. The van der Waals surface area contributed by atoms with Crippen LogP contribution in [0.25, 0.3) is 11.1 Å². The number of hydrogen-bond donors (Lipinski definition) is 1. The van der Waals surface area contributed by atoms with Gasteiger partial charge in [0.2, 0.25) is 0 Å². The number of aryl methyl sites for hydroxylation is 1. The van der Waals surface area contributed by atoms with Crippen molar-refractivity contribution in [2.75, 3.05) is 26.2 Å². The van der Waals surface area contributed by atoms with Crippen LogP contribution >= 0.6 is 0 Å². The molecule has 1 aliphatic carbocycles. The lowest BCUT2D eigenvalue weighted by atomic mass is 9.92. The lowest BCUT2D eigenvalue weighted by molar-refractivity contribution is 0.0543. The number of likely N-dealkylation sites (tertiary alicyclic amines) is 1. The van der Waals surface area contributed by atoms with Gasteiger partial charge in [-0.3, -0.25) is 14.7 Å². The molecule has 7 nitrogen and oxygen atoms in total. The summed E-state index contributed by atoms with van der Waals surface area (Å²) in [5, 5.41) is 9.75. The molecule has 3 aliphatic rings. The zero-order chi connectivity index (χ0) is 30.8. The minimum Gasteiger partial charge on any atom is -0.493 e. The summed E-state index contributed by atoms with van der Waals surface area (Å²) in [4.78, 5) is 34.5. The lowest BCUT2D eigenvalue weighted by Crippen LogP contribution is -2.50. The molecular weight excluding hydrogens is 557 g/mol. The number of carbonyl (C=O) groups is 2. The summed E-state index contributed by atoms with van der Waals surface area (Å²) >= 11 is 0. The Morgan fingerprint density at radius 1 is 1.02 bits per heavy atom. The van der Waals surface area contributed by atoms with E-state index < -0.39 is 5.97 Å². The minimum absolute atomic E-state index is 0.0917. The Morgan fingerprint density at radius 3 is 2.43 bits per heavy atom. The average molecular weight is 600 g/mol. The van der Waals surface area contributed by atoms with Crippen molar-refractivity contribution in [3.63, 3.8) is 0 Å². The molecular formula is C36H42FN3O4. The van der Waals surface area contributed by atoms with Crippen LogP contribution in [-0.2, 0) is 19.4 Å². The van der Waals surface area contributed by atoms with E-state index in [0.717, 1.165) is 80.7 Å². The second kappa shape index (κ2) is 13.1. The van der Waals surface area contributed by atoms with E-state index in [4.69, 9.17) is 4.74 Å². The number of aromatic nitrogens is 1. The van der Waals surface area contributed by atoms with E-state index in [1.807, 2.05) is 24.0 Å². The van der Waals surface area contributed by atoms with Crippen LogP contribution in [0.15, 0.2) is 42.5 Å². The molecule has 1 saturated heterocycles. The summed E-state index contributed by atoms with van der Waals surface area (Å²) in [5.74, 6) is 0.0244. The molecule has 232 valence electrons. The van der Waals surface area contributed by atoms with Crippen LogP contribution in [0.5, 0.6) is 5.75 Å². The van der Waals surface area contributed by atoms with Crippen molar-refractivity contribution < 1.29 is 23.8 Å². The van der Waals surface area contributed by atoms with Gasteiger partial charge < -0.3 is 14.7 Å². The largest absolute Gasteiger partial charge is 0.493 e. The van der Waals surface area contributed by atoms with Crippen molar-refractivity contribution in [2.24, 2.45) is 0 Å². The molecule has 2 aliphatic heterocycles. The molecule has 1 N–H and O–H groups in total. The monoisotopic (exact) mass is 599 g/mol. The third kappa shape index (κ3) is 6.36. The normalized spacial score (nSPS) is 17.5.